The van der Waals surface area contributed by atoms with Gasteiger partial charge in [-0.05, 0) is 37.5 Å². The van der Waals surface area contributed by atoms with Crippen molar-refractivity contribution in [2.75, 3.05) is 11.9 Å². The first-order valence-electron chi connectivity index (χ1n) is 7.73. The molecule has 0 spiro atoms. The van der Waals surface area contributed by atoms with Crippen LogP contribution in [-0.4, -0.2) is 40.4 Å². The largest absolute Gasteiger partial charge is 0.403 e. The molecule has 0 aromatic carbocycles. The van der Waals surface area contributed by atoms with Crippen LogP contribution in [0.5, 0.6) is 0 Å². The molecule has 2 aromatic rings. The van der Waals surface area contributed by atoms with Gasteiger partial charge in [-0.15, -0.1) is 0 Å². The molecule has 2 aromatic heterocycles. The molecule has 0 bridgehead atoms. The van der Waals surface area contributed by atoms with Gasteiger partial charge >= 0.3 is 12.2 Å². The smallest absolute Gasteiger partial charge is 0.338 e. The summed E-state index contributed by atoms with van der Waals surface area (Å²) in [6.07, 6.45) is 0.353. The average molecular weight is 341 g/mol. The van der Waals surface area contributed by atoms with E-state index < -0.39 is 18.2 Å². The zero-order valence-corrected chi connectivity index (χ0v) is 12.8. The summed E-state index contributed by atoms with van der Waals surface area (Å²) in [7, 11) is 0. The highest BCUT2D eigenvalue weighted by molar-refractivity contribution is 5.93. The summed E-state index contributed by atoms with van der Waals surface area (Å²) < 4.78 is 40.3. The van der Waals surface area contributed by atoms with Gasteiger partial charge in [0.2, 0.25) is 0 Å². The van der Waals surface area contributed by atoms with Gasteiger partial charge in [0.15, 0.2) is 0 Å². The third kappa shape index (κ3) is 4.16. The van der Waals surface area contributed by atoms with Crippen molar-refractivity contribution in [2.45, 2.75) is 37.5 Å². The van der Waals surface area contributed by atoms with Crippen LogP contribution in [0.2, 0.25) is 0 Å². The second kappa shape index (κ2) is 6.68. The molecular weight excluding hydrogens is 323 g/mol. The summed E-state index contributed by atoms with van der Waals surface area (Å²) in [5.74, 6) is 0. The third-order valence-corrected chi connectivity index (χ3v) is 3.81. The molecule has 0 aliphatic heterocycles. The molecule has 0 saturated heterocycles. The third-order valence-electron chi connectivity index (χ3n) is 3.81. The van der Waals surface area contributed by atoms with Crippen molar-refractivity contribution in [3.8, 4) is 0 Å². The number of rotatable bonds is 6. The van der Waals surface area contributed by atoms with Crippen molar-refractivity contribution in [3.05, 3.63) is 30.6 Å². The normalized spacial score (nSPS) is 16.1. The predicted molar refractivity (Wildman–Crippen MR) is 82.8 cm³/mol. The SMILES string of the molecule is O=C(NCCC(NC1CC1)C(F)(F)F)Nc1cccn2nccc12. The monoisotopic (exact) mass is 341 g/mol. The van der Waals surface area contributed by atoms with Crippen LogP contribution in [0, 0.1) is 0 Å². The number of fused-ring (bicyclic) bond motifs is 1. The molecule has 3 N–H and O–H groups in total. The number of carbonyl (C=O) groups is 1. The summed E-state index contributed by atoms with van der Waals surface area (Å²) >= 11 is 0. The first kappa shape index (κ1) is 16.6. The molecule has 1 aliphatic rings. The van der Waals surface area contributed by atoms with Crippen LogP contribution in [0.4, 0.5) is 23.7 Å². The molecule has 1 fully saturated rings. The Bertz CT molecular complexity index is 710. The number of carbonyl (C=O) groups excluding carboxylic acids is 1. The topological polar surface area (TPSA) is 70.5 Å². The van der Waals surface area contributed by atoms with E-state index in [2.05, 4.69) is 21.0 Å². The van der Waals surface area contributed by atoms with Gasteiger partial charge in [-0.1, -0.05) is 0 Å². The minimum atomic E-state index is -4.32. The van der Waals surface area contributed by atoms with Crippen LogP contribution in [-0.2, 0) is 0 Å². The molecule has 6 nitrogen and oxygen atoms in total. The van der Waals surface area contributed by atoms with Crippen molar-refractivity contribution in [1.82, 2.24) is 20.2 Å². The highest BCUT2D eigenvalue weighted by atomic mass is 19.4. The van der Waals surface area contributed by atoms with Gasteiger partial charge in [0.1, 0.15) is 6.04 Å². The molecule has 2 heterocycles. The maximum absolute atomic E-state index is 12.9. The molecule has 0 radical (unpaired) electrons. The molecule has 2 amide bonds. The molecular formula is C15H18F3N5O. The summed E-state index contributed by atoms with van der Waals surface area (Å²) in [6.45, 7) is -0.0713. The highest BCUT2D eigenvalue weighted by Gasteiger charge is 2.41. The minimum Gasteiger partial charge on any atom is -0.338 e. The van der Waals surface area contributed by atoms with Crippen LogP contribution in [0.15, 0.2) is 30.6 Å². The lowest BCUT2D eigenvalue weighted by molar-refractivity contribution is -0.157. The van der Waals surface area contributed by atoms with E-state index in [1.54, 1.807) is 35.1 Å². The molecule has 9 heteroatoms. The van der Waals surface area contributed by atoms with Crippen molar-refractivity contribution >= 4 is 17.2 Å². The van der Waals surface area contributed by atoms with Gasteiger partial charge in [0.05, 0.1) is 17.4 Å². The number of halogens is 3. The zero-order valence-electron chi connectivity index (χ0n) is 12.8. The first-order valence-corrected chi connectivity index (χ1v) is 7.73. The minimum absolute atomic E-state index is 0.0510. The Morgan fingerprint density at radius 2 is 2.17 bits per heavy atom. The quantitative estimate of drug-likeness (QED) is 0.756. The van der Waals surface area contributed by atoms with Crippen LogP contribution < -0.4 is 16.0 Å². The lowest BCUT2D eigenvalue weighted by Crippen LogP contribution is -2.45. The molecule has 1 atom stereocenters. The molecule has 1 saturated carbocycles. The van der Waals surface area contributed by atoms with E-state index in [1.807, 2.05) is 0 Å². The van der Waals surface area contributed by atoms with Crippen molar-refractivity contribution in [2.24, 2.45) is 0 Å². The predicted octanol–water partition coefficient (Wildman–Crippen LogP) is 2.53. The van der Waals surface area contributed by atoms with Crippen LogP contribution >= 0.6 is 0 Å². The van der Waals surface area contributed by atoms with Gasteiger partial charge < -0.3 is 16.0 Å². The van der Waals surface area contributed by atoms with Gasteiger partial charge in [0.25, 0.3) is 0 Å². The first-order chi connectivity index (χ1) is 11.4. The van der Waals surface area contributed by atoms with Crippen LogP contribution in [0.1, 0.15) is 19.3 Å². The average Bonchev–Trinajstić information content (AvgIpc) is 3.19. The lowest BCUT2D eigenvalue weighted by atomic mass is 10.2. The summed E-state index contributed by atoms with van der Waals surface area (Å²) in [4.78, 5) is 11.9. The molecule has 24 heavy (non-hydrogen) atoms. The lowest BCUT2D eigenvalue weighted by Gasteiger charge is -2.21. The van der Waals surface area contributed by atoms with Crippen molar-refractivity contribution in [1.29, 1.82) is 0 Å². The Balaban J connectivity index is 1.50. The number of nitrogens with zero attached hydrogens (tertiary/aromatic N) is 2. The van der Waals surface area contributed by atoms with Crippen LogP contribution in [0.25, 0.3) is 5.52 Å². The number of aromatic nitrogens is 2. The van der Waals surface area contributed by atoms with E-state index in [1.165, 1.54) is 0 Å². The van der Waals surface area contributed by atoms with Crippen molar-refractivity contribution < 1.29 is 18.0 Å². The number of nitrogens with one attached hydrogen (secondary N) is 3. The second-order valence-corrected chi connectivity index (χ2v) is 5.79. The maximum Gasteiger partial charge on any atom is 0.403 e. The molecule has 130 valence electrons. The molecule has 1 aliphatic carbocycles. The van der Waals surface area contributed by atoms with E-state index in [-0.39, 0.29) is 19.0 Å². The number of urea groups is 1. The molecule has 1 unspecified atom stereocenters. The van der Waals surface area contributed by atoms with E-state index >= 15 is 0 Å². The Morgan fingerprint density at radius 1 is 1.38 bits per heavy atom. The standard InChI is InChI=1S/C15H18F3N5O/c16-15(17,18)13(21-10-3-4-10)6-7-19-14(24)22-11-2-1-9-23-12(11)5-8-20-23/h1-2,5,8-10,13,21H,3-4,6-7H2,(H2,19,22,24). The second-order valence-electron chi connectivity index (χ2n) is 5.79. The van der Waals surface area contributed by atoms with E-state index in [4.69, 9.17) is 0 Å². The van der Waals surface area contributed by atoms with Gasteiger partial charge in [-0.2, -0.15) is 18.3 Å². The van der Waals surface area contributed by atoms with Gasteiger partial charge in [0, 0.05) is 18.8 Å². The number of amides is 2. The summed E-state index contributed by atoms with van der Waals surface area (Å²) in [6, 6.07) is 2.96. The number of alkyl halides is 3. The molecule has 3 rings (SSSR count). The van der Waals surface area contributed by atoms with E-state index in [0.717, 1.165) is 12.8 Å². The summed E-state index contributed by atoms with van der Waals surface area (Å²) in [5, 5.41) is 11.7. The fraction of sp³-hybridized carbons (Fsp3) is 0.467. The fourth-order valence-electron chi connectivity index (χ4n) is 2.43. The summed E-state index contributed by atoms with van der Waals surface area (Å²) in [5.41, 5.74) is 1.24. The number of anilines is 1. The maximum atomic E-state index is 12.9. The van der Waals surface area contributed by atoms with Crippen LogP contribution in [0.3, 0.4) is 0 Å². The Labute approximate surface area is 136 Å². The van der Waals surface area contributed by atoms with Crippen molar-refractivity contribution in [3.63, 3.8) is 0 Å². The number of hydrogen-bond acceptors (Lipinski definition) is 3. The Morgan fingerprint density at radius 3 is 2.88 bits per heavy atom. The number of hydrogen-bond donors (Lipinski definition) is 3. The fourth-order valence-corrected chi connectivity index (χ4v) is 2.43. The van der Waals surface area contributed by atoms with E-state index in [0.29, 0.717) is 11.2 Å². The Hall–Kier alpha value is -2.29. The Kier molecular flexibility index (Phi) is 4.61. The number of pyridine rings is 1. The van der Waals surface area contributed by atoms with E-state index in [9.17, 15) is 18.0 Å². The van der Waals surface area contributed by atoms with Gasteiger partial charge in [-0.25, -0.2) is 9.31 Å². The van der Waals surface area contributed by atoms with Gasteiger partial charge in [-0.3, -0.25) is 0 Å². The highest BCUT2D eigenvalue weighted by Crippen LogP contribution is 2.27. The zero-order chi connectivity index (χ0) is 17.2.